The predicted octanol–water partition coefficient (Wildman–Crippen LogP) is 1.67. The van der Waals surface area contributed by atoms with E-state index in [1.54, 1.807) is 11.0 Å². The molecule has 0 aliphatic carbocycles. The van der Waals surface area contributed by atoms with Gasteiger partial charge in [0, 0.05) is 6.42 Å². The number of carbonyl (C=O) groups is 2. The molecule has 0 aromatic heterocycles. The Morgan fingerprint density at radius 3 is 3.19 bits per heavy atom. The van der Waals surface area contributed by atoms with Crippen molar-refractivity contribution in [3.05, 3.63) is 24.3 Å². The number of cyclic esters (lactones) is 1. The van der Waals surface area contributed by atoms with E-state index in [2.05, 4.69) is 6.08 Å². The van der Waals surface area contributed by atoms with Gasteiger partial charge in [0.2, 0.25) is 0 Å². The molecule has 0 spiro atoms. The Labute approximate surface area is 94.6 Å². The lowest BCUT2D eigenvalue weighted by Gasteiger charge is -2.30. The number of amides is 1. The van der Waals surface area contributed by atoms with Gasteiger partial charge >= 0.3 is 6.09 Å². The van der Waals surface area contributed by atoms with Crippen LogP contribution in [0.5, 0.6) is 0 Å². The van der Waals surface area contributed by atoms with E-state index < -0.39 is 0 Å². The number of ether oxygens (including phenoxy) is 1. The molecule has 2 heterocycles. The second-order valence-electron chi connectivity index (χ2n) is 4.05. The SMILES string of the molecule is CC1OC(=O)N2C(/C=C/CC=O)C=CCC12. The highest BCUT2D eigenvalue weighted by atomic mass is 16.6. The third kappa shape index (κ3) is 1.87. The summed E-state index contributed by atoms with van der Waals surface area (Å²) in [6.07, 6.45) is 9.43. The Morgan fingerprint density at radius 1 is 1.62 bits per heavy atom. The first-order valence-corrected chi connectivity index (χ1v) is 5.50. The van der Waals surface area contributed by atoms with Crippen LogP contribution in [0, 0.1) is 0 Å². The largest absolute Gasteiger partial charge is 0.444 e. The fourth-order valence-electron chi connectivity index (χ4n) is 2.19. The Kier molecular flexibility index (Phi) is 3.08. The van der Waals surface area contributed by atoms with E-state index in [0.29, 0.717) is 6.42 Å². The first-order chi connectivity index (χ1) is 7.74. The van der Waals surface area contributed by atoms with Gasteiger partial charge in [-0.05, 0) is 13.3 Å². The Morgan fingerprint density at radius 2 is 2.44 bits per heavy atom. The zero-order valence-electron chi connectivity index (χ0n) is 9.20. The summed E-state index contributed by atoms with van der Waals surface area (Å²) in [6, 6.07) is 0.0551. The molecule has 3 atom stereocenters. The Bertz CT molecular complexity index is 348. The fourth-order valence-corrected chi connectivity index (χ4v) is 2.19. The number of hydrogen-bond donors (Lipinski definition) is 0. The summed E-state index contributed by atoms with van der Waals surface area (Å²) in [5, 5.41) is 0. The number of rotatable bonds is 3. The first-order valence-electron chi connectivity index (χ1n) is 5.50. The standard InChI is InChI=1S/C12H15NO3/c1-9-11-7-4-6-10(5-2-3-8-14)13(11)12(15)16-9/h2,4-6,8-11H,3,7H2,1H3/b5-2+. The highest BCUT2D eigenvalue weighted by molar-refractivity contribution is 5.72. The van der Waals surface area contributed by atoms with E-state index in [1.807, 2.05) is 19.1 Å². The Balaban J connectivity index is 2.13. The van der Waals surface area contributed by atoms with Crippen molar-refractivity contribution in [2.24, 2.45) is 0 Å². The van der Waals surface area contributed by atoms with Crippen LogP contribution in [-0.2, 0) is 9.53 Å². The summed E-state index contributed by atoms with van der Waals surface area (Å²) in [4.78, 5) is 23.6. The summed E-state index contributed by atoms with van der Waals surface area (Å²) < 4.78 is 5.19. The van der Waals surface area contributed by atoms with Gasteiger partial charge < -0.3 is 9.53 Å². The van der Waals surface area contributed by atoms with Gasteiger partial charge in [0.25, 0.3) is 0 Å². The van der Waals surface area contributed by atoms with Crippen LogP contribution in [0.4, 0.5) is 4.79 Å². The van der Waals surface area contributed by atoms with E-state index in [-0.39, 0.29) is 24.3 Å². The molecule has 3 unspecified atom stereocenters. The van der Waals surface area contributed by atoms with Crippen molar-refractivity contribution in [3.63, 3.8) is 0 Å². The smallest absolute Gasteiger partial charge is 0.411 e. The number of allylic oxidation sites excluding steroid dienone is 1. The maximum Gasteiger partial charge on any atom is 0.411 e. The van der Waals surface area contributed by atoms with Crippen molar-refractivity contribution in [1.29, 1.82) is 0 Å². The number of aldehydes is 1. The molecular weight excluding hydrogens is 206 g/mol. The molecule has 86 valence electrons. The van der Waals surface area contributed by atoms with Gasteiger partial charge in [-0.2, -0.15) is 0 Å². The highest BCUT2D eigenvalue weighted by Gasteiger charge is 2.42. The van der Waals surface area contributed by atoms with E-state index in [0.717, 1.165) is 12.7 Å². The summed E-state index contributed by atoms with van der Waals surface area (Å²) in [5.41, 5.74) is 0. The lowest BCUT2D eigenvalue weighted by Crippen LogP contribution is -2.43. The van der Waals surface area contributed by atoms with Gasteiger partial charge in [-0.1, -0.05) is 24.3 Å². The van der Waals surface area contributed by atoms with E-state index in [4.69, 9.17) is 4.74 Å². The zero-order chi connectivity index (χ0) is 11.5. The maximum absolute atomic E-state index is 11.6. The molecule has 4 nitrogen and oxygen atoms in total. The number of hydrogen-bond acceptors (Lipinski definition) is 3. The van der Waals surface area contributed by atoms with Crippen LogP contribution in [0.25, 0.3) is 0 Å². The number of nitrogens with zero attached hydrogens (tertiary/aromatic N) is 1. The molecule has 1 amide bonds. The number of carbonyl (C=O) groups excluding carboxylic acids is 2. The normalized spacial score (nSPS) is 32.9. The monoisotopic (exact) mass is 221 g/mol. The second kappa shape index (κ2) is 4.51. The molecule has 2 rings (SSSR count). The minimum absolute atomic E-state index is 0.0561. The van der Waals surface area contributed by atoms with Crippen LogP contribution < -0.4 is 0 Å². The van der Waals surface area contributed by atoms with E-state index in [1.165, 1.54) is 0 Å². The molecule has 0 saturated carbocycles. The van der Waals surface area contributed by atoms with Gasteiger partial charge in [0.05, 0.1) is 12.1 Å². The van der Waals surface area contributed by atoms with Crippen LogP contribution in [0.3, 0.4) is 0 Å². The van der Waals surface area contributed by atoms with Crippen molar-refractivity contribution < 1.29 is 14.3 Å². The highest BCUT2D eigenvalue weighted by Crippen LogP contribution is 2.29. The van der Waals surface area contributed by atoms with Crippen LogP contribution >= 0.6 is 0 Å². The van der Waals surface area contributed by atoms with Crippen LogP contribution in [0.15, 0.2) is 24.3 Å². The molecule has 0 N–H and O–H groups in total. The molecule has 0 aromatic carbocycles. The van der Waals surface area contributed by atoms with E-state index >= 15 is 0 Å². The summed E-state index contributed by atoms with van der Waals surface area (Å²) >= 11 is 0. The third-order valence-corrected chi connectivity index (χ3v) is 2.99. The van der Waals surface area contributed by atoms with Crippen molar-refractivity contribution >= 4 is 12.4 Å². The van der Waals surface area contributed by atoms with E-state index in [9.17, 15) is 9.59 Å². The molecule has 0 bridgehead atoms. The van der Waals surface area contributed by atoms with Crippen LogP contribution in [0.2, 0.25) is 0 Å². The summed E-state index contributed by atoms with van der Waals surface area (Å²) in [5.74, 6) is 0. The topological polar surface area (TPSA) is 46.6 Å². The fraction of sp³-hybridized carbons (Fsp3) is 0.500. The third-order valence-electron chi connectivity index (χ3n) is 2.99. The lowest BCUT2D eigenvalue weighted by atomic mass is 10.00. The van der Waals surface area contributed by atoms with Crippen molar-refractivity contribution in [1.82, 2.24) is 4.90 Å². The van der Waals surface area contributed by atoms with Gasteiger partial charge in [0.15, 0.2) is 0 Å². The van der Waals surface area contributed by atoms with Crippen molar-refractivity contribution in [3.8, 4) is 0 Å². The summed E-state index contributed by atoms with van der Waals surface area (Å²) in [6.45, 7) is 1.91. The van der Waals surface area contributed by atoms with Gasteiger partial charge in [-0.25, -0.2) is 4.79 Å². The average Bonchev–Trinajstić information content (AvgIpc) is 2.56. The van der Waals surface area contributed by atoms with Gasteiger partial charge in [-0.15, -0.1) is 0 Å². The second-order valence-corrected chi connectivity index (χ2v) is 4.05. The van der Waals surface area contributed by atoms with Gasteiger partial charge in [-0.3, -0.25) is 4.90 Å². The molecule has 0 aromatic rings. The zero-order valence-corrected chi connectivity index (χ0v) is 9.20. The maximum atomic E-state index is 11.6. The molecule has 0 radical (unpaired) electrons. The van der Waals surface area contributed by atoms with Gasteiger partial charge in [0.1, 0.15) is 12.4 Å². The molecule has 4 heteroatoms. The molecule has 1 fully saturated rings. The lowest BCUT2D eigenvalue weighted by molar-refractivity contribution is -0.107. The molecule has 16 heavy (non-hydrogen) atoms. The molecule has 2 aliphatic heterocycles. The predicted molar refractivity (Wildman–Crippen MR) is 58.9 cm³/mol. The van der Waals surface area contributed by atoms with Crippen molar-refractivity contribution in [2.75, 3.05) is 0 Å². The van der Waals surface area contributed by atoms with Crippen molar-refractivity contribution in [2.45, 2.75) is 38.0 Å². The molecular formula is C12H15NO3. The Hall–Kier alpha value is -1.58. The van der Waals surface area contributed by atoms with Crippen LogP contribution in [0.1, 0.15) is 19.8 Å². The molecule has 2 aliphatic rings. The average molecular weight is 221 g/mol. The molecule has 1 saturated heterocycles. The quantitative estimate of drug-likeness (QED) is 0.538. The number of fused-ring (bicyclic) bond motifs is 1. The first kappa shape index (κ1) is 10.9. The minimum atomic E-state index is -0.261. The summed E-state index contributed by atoms with van der Waals surface area (Å²) in [7, 11) is 0. The van der Waals surface area contributed by atoms with Crippen LogP contribution in [-0.4, -0.2) is 35.5 Å². The minimum Gasteiger partial charge on any atom is -0.444 e.